The SMILES string of the molecule is N#[N+]c1c(F)c(F)c(F)c(F)c1C(=O)O. The fourth-order valence-corrected chi connectivity index (χ4v) is 0.909. The Morgan fingerprint density at radius 3 is 1.93 bits per heavy atom. The zero-order chi connectivity index (χ0) is 11.7. The summed E-state index contributed by atoms with van der Waals surface area (Å²) in [5, 5.41) is 16.5. The second-order valence-electron chi connectivity index (χ2n) is 2.38. The molecule has 0 heterocycles. The van der Waals surface area contributed by atoms with Crippen LogP contribution in [0.3, 0.4) is 0 Å². The van der Waals surface area contributed by atoms with Crippen molar-refractivity contribution in [3.63, 3.8) is 0 Å². The van der Waals surface area contributed by atoms with E-state index in [1.165, 1.54) is 0 Å². The van der Waals surface area contributed by atoms with Gasteiger partial charge in [-0.1, -0.05) is 0 Å². The Hall–Kier alpha value is -2.17. The molecular formula is C7HF4N2O2+. The molecule has 1 rings (SSSR count). The number of hydrogen-bond acceptors (Lipinski definition) is 2. The number of carbonyl (C=O) groups is 1. The molecule has 0 fully saturated rings. The van der Waals surface area contributed by atoms with Gasteiger partial charge in [-0.25, -0.2) is 18.0 Å². The molecule has 1 N–H and O–H groups in total. The standard InChI is InChI=1S/C7F4N2O2/c8-2-1(7(14)15)6(13-12)5(11)4(10)3(2)9/p+1. The highest BCUT2D eigenvalue weighted by molar-refractivity contribution is 5.94. The molecule has 0 spiro atoms. The van der Waals surface area contributed by atoms with Crippen LogP contribution in [-0.2, 0) is 0 Å². The lowest BCUT2D eigenvalue weighted by Gasteiger charge is -1.98. The first-order chi connectivity index (χ1) is 6.91. The minimum absolute atomic E-state index is 1.50. The molecule has 1 aromatic rings. The van der Waals surface area contributed by atoms with Crippen LogP contribution in [0.1, 0.15) is 10.4 Å². The summed E-state index contributed by atoms with van der Waals surface area (Å²) in [5.74, 6) is -10.8. The molecule has 1 aromatic carbocycles. The van der Waals surface area contributed by atoms with Gasteiger partial charge in [0.05, 0.1) is 0 Å². The van der Waals surface area contributed by atoms with E-state index in [1.54, 1.807) is 0 Å². The molecule has 8 heteroatoms. The summed E-state index contributed by atoms with van der Waals surface area (Å²) in [6.07, 6.45) is 0. The van der Waals surface area contributed by atoms with Crippen molar-refractivity contribution in [3.8, 4) is 0 Å². The first-order valence-electron chi connectivity index (χ1n) is 3.36. The third-order valence-corrected chi connectivity index (χ3v) is 1.56. The molecular weight excluding hydrogens is 220 g/mol. The third kappa shape index (κ3) is 1.48. The largest absolute Gasteiger partial charge is 0.477 e. The van der Waals surface area contributed by atoms with E-state index >= 15 is 0 Å². The Bertz CT molecular complexity index is 495. The smallest absolute Gasteiger partial charge is 0.440 e. The molecule has 4 nitrogen and oxygen atoms in total. The zero-order valence-electron chi connectivity index (χ0n) is 6.76. The molecule has 0 saturated carbocycles. The van der Waals surface area contributed by atoms with Crippen LogP contribution in [0.15, 0.2) is 0 Å². The molecule has 0 amide bonds. The van der Waals surface area contributed by atoms with E-state index in [4.69, 9.17) is 10.5 Å². The van der Waals surface area contributed by atoms with Crippen molar-refractivity contribution in [2.24, 2.45) is 0 Å². The maximum Gasteiger partial charge on any atom is 0.440 e. The first kappa shape index (κ1) is 10.9. The summed E-state index contributed by atoms with van der Waals surface area (Å²) in [6, 6.07) is 0. The van der Waals surface area contributed by atoms with Gasteiger partial charge < -0.3 is 5.11 Å². The average molecular weight is 221 g/mol. The van der Waals surface area contributed by atoms with Crippen LogP contribution in [-0.4, -0.2) is 11.1 Å². The molecule has 78 valence electrons. The molecule has 0 unspecified atom stereocenters. The van der Waals surface area contributed by atoms with Crippen molar-refractivity contribution in [2.75, 3.05) is 0 Å². The number of diazo groups is 1. The van der Waals surface area contributed by atoms with E-state index in [1.807, 2.05) is 0 Å². The van der Waals surface area contributed by atoms with Crippen molar-refractivity contribution >= 4 is 11.7 Å². The van der Waals surface area contributed by atoms with Crippen molar-refractivity contribution in [3.05, 3.63) is 33.8 Å². The summed E-state index contributed by atoms with van der Waals surface area (Å²) >= 11 is 0. The van der Waals surface area contributed by atoms with Crippen molar-refractivity contribution < 1.29 is 27.5 Å². The van der Waals surface area contributed by atoms with E-state index in [0.29, 0.717) is 0 Å². The van der Waals surface area contributed by atoms with Gasteiger partial charge in [0.2, 0.25) is 11.2 Å². The van der Waals surface area contributed by atoms with Crippen LogP contribution in [0.4, 0.5) is 23.2 Å². The predicted octanol–water partition coefficient (Wildman–Crippen LogP) is 2.43. The Morgan fingerprint density at radius 1 is 1.07 bits per heavy atom. The maximum atomic E-state index is 12.8. The minimum Gasteiger partial charge on any atom is -0.477 e. The minimum atomic E-state index is -2.28. The number of carboxylic acids is 1. The molecule has 15 heavy (non-hydrogen) atoms. The fraction of sp³-hybridized carbons (Fsp3) is 0. The molecule has 0 aliphatic rings. The van der Waals surface area contributed by atoms with Crippen LogP contribution in [0.2, 0.25) is 0 Å². The van der Waals surface area contributed by atoms with Gasteiger partial charge in [0, 0.05) is 0 Å². The Balaban J connectivity index is 3.80. The van der Waals surface area contributed by atoms with Gasteiger partial charge in [0.15, 0.2) is 22.2 Å². The van der Waals surface area contributed by atoms with Crippen LogP contribution in [0.5, 0.6) is 0 Å². The highest BCUT2D eigenvalue weighted by atomic mass is 19.2. The molecule has 0 bridgehead atoms. The molecule has 0 aliphatic carbocycles. The van der Waals surface area contributed by atoms with E-state index in [-0.39, 0.29) is 0 Å². The molecule has 0 aromatic heterocycles. The zero-order valence-corrected chi connectivity index (χ0v) is 6.76. The summed E-state index contributed by atoms with van der Waals surface area (Å²) in [7, 11) is 0. The predicted molar refractivity (Wildman–Crippen MR) is 38.0 cm³/mol. The summed E-state index contributed by atoms with van der Waals surface area (Å²) in [5.41, 5.74) is -3.08. The van der Waals surface area contributed by atoms with Gasteiger partial charge in [-0.05, 0) is 0 Å². The Labute approximate surface area is 79.4 Å². The second-order valence-corrected chi connectivity index (χ2v) is 2.38. The Kier molecular flexibility index (Phi) is 2.57. The molecule has 0 aliphatic heterocycles. The number of carboxylic acid groups (broad SMARTS) is 1. The number of aromatic carboxylic acids is 1. The second kappa shape index (κ2) is 3.53. The number of nitrogens with zero attached hydrogens (tertiary/aromatic N) is 2. The van der Waals surface area contributed by atoms with Gasteiger partial charge in [-0.15, -0.1) is 0 Å². The fourth-order valence-electron chi connectivity index (χ4n) is 0.909. The molecule has 0 radical (unpaired) electrons. The number of halogens is 4. The van der Waals surface area contributed by atoms with E-state index in [0.717, 1.165) is 0 Å². The van der Waals surface area contributed by atoms with Gasteiger partial charge in [-0.2, -0.15) is 4.39 Å². The van der Waals surface area contributed by atoms with Crippen molar-refractivity contribution in [1.82, 2.24) is 0 Å². The monoisotopic (exact) mass is 221 g/mol. The normalized spacial score (nSPS) is 9.80. The first-order valence-corrected chi connectivity index (χ1v) is 3.36. The average Bonchev–Trinajstić information content (AvgIpc) is 2.19. The molecule has 0 saturated heterocycles. The highest BCUT2D eigenvalue weighted by Crippen LogP contribution is 2.30. The van der Waals surface area contributed by atoms with Crippen LogP contribution < -0.4 is 0 Å². The quantitative estimate of drug-likeness (QED) is 0.342. The summed E-state index contributed by atoms with van der Waals surface area (Å²) < 4.78 is 50.7. The highest BCUT2D eigenvalue weighted by Gasteiger charge is 2.37. The lowest BCUT2D eigenvalue weighted by molar-refractivity contribution is 0.0691. The van der Waals surface area contributed by atoms with Gasteiger partial charge in [0.25, 0.3) is 5.82 Å². The van der Waals surface area contributed by atoms with Crippen LogP contribution in [0, 0.1) is 28.7 Å². The van der Waals surface area contributed by atoms with Crippen LogP contribution >= 0.6 is 0 Å². The number of hydrogen-bond donors (Lipinski definition) is 1. The van der Waals surface area contributed by atoms with Crippen molar-refractivity contribution in [2.45, 2.75) is 0 Å². The Morgan fingerprint density at radius 2 is 1.53 bits per heavy atom. The van der Waals surface area contributed by atoms with E-state index in [9.17, 15) is 22.4 Å². The number of benzene rings is 1. The lowest BCUT2D eigenvalue weighted by Crippen LogP contribution is -2.07. The third-order valence-electron chi connectivity index (χ3n) is 1.56. The summed E-state index contributed by atoms with van der Waals surface area (Å²) in [4.78, 5) is 12.4. The van der Waals surface area contributed by atoms with Crippen LogP contribution in [0.25, 0.3) is 4.98 Å². The van der Waals surface area contributed by atoms with Gasteiger partial charge in [-0.3, -0.25) is 0 Å². The van der Waals surface area contributed by atoms with Gasteiger partial charge in [0.1, 0.15) is 0 Å². The van der Waals surface area contributed by atoms with Crippen molar-refractivity contribution in [1.29, 1.82) is 5.39 Å². The van der Waals surface area contributed by atoms with E-state index in [2.05, 4.69) is 4.98 Å². The number of rotatable bonds is 1. The molecule has 0 atom stereocenters. The maximum absolute atomic E-state index is 12.8. The van der Waals surface area contributed by atoms with E-state index < -0.39 is 40.5 Å². The van der Waals surface area contributed by atoms with Gasteiger partial charge >= 0.3 is 11.7 Å². The lowest BCUT2D eigenvalue weighted by atomic mass is 10.1. The topological polar surface area (TPSA) is 65.5 Å². The summed E-state index contributed by atoms with van der Waals surface area (Å²) in [6.45, 7) is 0.